The molecule has 0 bridgehead atoms. The molecule has 0 saturated heterocycles. The van der Waals surface area contributed by atoms with Gasteiger partial charge in [-0.1, -0.05) is 30.3 Å². The van der Waals surface area contributed by atoms with E-state index in [2.05, 4.69) is 15.2 Å². The minimum absolute atomic E-state index is 0.0652. The van der Waals surface area contributed by atoms with Crippen LogP contribution in [0.3, 0.4) is 0 Å². The zero-order valence-electron chi connectivity index (χ0n) is 13.8. The zero-order chi connectivity index (χ0) is 18.7. The van der Waals surface area contributed by atoms with Gasteiger partial charge in [0, 0.05) is 11.1 Å². The molecule has 26 heavy (non-hydrogen) atoms. The molecule has 0 atom stereocenters. The number of hydrogen-bond donors (Lipinski definition) is 1. The van der Waals surface area contributed by atoms with E-state index in [0.29, 0.717) is 11.3 Å². The van der Waals surface area contributed by atoms with Crippen molar-refractivity contribution in [3.63, 3.8) is 0 Å². The van der Waals surface area contributed by atoms with Crippen molar-refractivity contribution < 1.29 is 17.9 Å². The molecule has 3 rings (SSSR count). The van der Waals surface area contributed by atoms with Crippen molar-refractivity contribution in [3.8, 4) is 28.3 Å². The van der Waals surface area contributed by atoms with Crippen LogP contribution in [0.2, 0.25) is 0 Å². The van der Waals surface area contributed by atoms with Gasteiger partial charge in [0.05, 0.1) is 12.2 Å². The second-order valence-electron chi connectivity index (χ2n) is 5.41. The minimum Gasteiger partial charge on any atom is -0.494 e. The molecule has 0 saturated carbocycles. The van der Waals surface area contributed by atoms with Crippen LogP contribution >= 0.6 is 0 Å². The molecule has 0 fully saturated rings. The van der Waals surface area contributed by atoms with Crippen LogP contribution in [0.1, 0.15) is 12.5 Å². The summed E-state index contributed by atoms with van der Waals surface area (Å²) in [5, 5.41) is 7.69. The van der Waals surface area contributed by atoms with E-state index in [-0.39, 0.29) is 29.6 Å². The molecule has 134 valence electrons. The van der Waals surface area contributed by atoms with Gasteiger partial charge in [0.2, 0.25) is 5.95 Å². The molecule has 0 aliphatic heterocycles. The first-order chi connectivity index (χ1) is 12.4. The monoisotopic (exact) mass is 360 g/mol. The molecule has 1 heterocycles. The topological polar surface area (TPSA) is 73.9 Å². The maximum atomic E-state index is 13.3. The first-order valence-electron chi connectivity index (χ1n) is 7.79. The van der Waals surface area contributed by atoms with Gasteiger partial charge in [-0.05, 0) is 25.1 Å². The Balaban J connectivity index is 2.22. The fourth-order valence-electron chi connectivity index (χ4n) is 2.48. The van der Waals surface area contributed by atoms with Crippen LogP contribution in [0.15, 0.2) is 48.5 Å². The Kier molecular flexibility index (Phi) is 4.75. The Morgan fingerprint density at radius 1 is 0.962 bits per heavy atom. The average molecular weight is 360 g/mol. The molecule has 0 spiro atoms. The van der Waals surface area contributed by atoms with Crippen LogP contribution in [-0.2, 0) is 6.18 Å². The lowest BCUT2D eigenvalue weighted by molar-refractivity contribution is -0.137. The molecular formula is C18H15F3N4O. The number of rotatable bonds is 4. The summed E-state index contributed by atoms with van der Waals surface area (Å²) in [5.41, 5.74) is 6.20. The van der Waals surface area contributed by atoms with Crippen molar-refractivity contribution in [1.82, 2.24) is 15.2 Å². The molecule has 0 amide bonds. The Bertz CT molecular complexity index is 914. The smallest absolute Gasteiger partial charge is 0.416 e. The highest BCUT2D eigenvalue weighted by Gasteiger charge is 2.32. The fraction of sp³-hybridized carbons (Fsp3) is 0.167. The molecule has 2 aromatic carbocycles. The molecule has 5 nitrogen and oxygen atoms in total. The summed E-state index contributed by atoms with van der Waals surface area (Å²) in [7, 11) is 0. The highest BCUT2D eigenvalue weighted by Crippen LogP contribution is 2.37. The lowest BCUT2D eigenvalue weighted by atomic mass is 10.0. The lowest BCUT2D eigenvalue weighted by Crippen LogP contribution is -2.07. The zero-order valence-corrected chi connectivity index (χ0v) is 13.8. The van der Waals surface area contributed by atoms with Crippen LogP contribution < -0.4 is 10.5 Å². The van der Waals surface area contributed by atoms with Gasteiger partial charge >= 0.3 is 6.18 Å². The van der Waals surface area contributed by atoms with Crippen LogP contribution in [0.5, 0.6) is 5.75 Å². The molecule has 0 unspecified atom stereocenters. The second kappa shape index (κ2) is 6.99. The number of nitrogen functional groups attached to an aromatic ring is 1. The normalized spacial score (nSPS) is 11.4. The number of nitrogens with two attached hydrogens (primary N) is 1. The molecule has 1 aromatic heterocycles. The van der Waals surface area contributed by atoms with E-state index in [4.69, 9.17) is 10.5 Å². The third-order valence-corrected chi connectivity index (χ3v) is 3.57. The number of anilines is 1. The number of nitrogens with zero attached hydrogens (tertiary/aromatic N) is 3. The van der Waals surface area contributed by atoms with E-state index in [1.165, 1.54) is 6.07 Å². The van der Waals surface area contributed by atoms with Gasteiger partial charge in [-0.15, -0.1) is 10.2 Å². The molecule has 2 N–H and O–H groups in total. The maximum absolute atomic E-state index is 13.3. The molecule has 0 aliphatic carbocycles. The molecule has 0 aliphatic rings. The average Bonchev–Trinajstić information content (AvgIpc) is 2.61. The van der Waals surface area contributed by atoms with Crippen LogP contribution in [0.25, 0.3) is 22.5 Å². The minimum atomic E-state index is -4.52. The third-order valence-electron chi connectivity index (χ3n) is 3.57. The van der Waals surface area contributed by atoms with Gasteiger partial charge in [0.1, 0.15) is 17.1 Å². The second-order valence-corrected chi connectivity index (χ2v) is 5.41. The van der Waals surface area contributed by atoms with Crippen LogP contribution in [0.4, 0.5) is 19.1 Å². The van der Waals surface area contributed by atoms with Gasteiger partial charge in [-0.3, -0.25) is 0 Å². The van der Waals surface area contributed by atoms with E-state index >= 15 is 0 Å². The van der Waals surface area contributed by atoms with Gasteiger partial charge in [-0.25, -0.2) is 4.98 Å². The SMILES string of the molecule is CCOc1cc(-c2nnc(N)nc2-c2ccccc2)cc(C(F)(F)F)c1. The van der Waals surface area contributed by atoms with Crippen molar-refractivity contribution >= 4 is 5.95 Å². The Morgan fingerprint density at radius 2 is 1.69 bits per heavy atom. The van der Waals surface area contributed by atoms with Crippen molar-refractivity contribution in [2.45, 2.75) is 13.1 Å². The van der Waals surface area contributed by atoms with E-state index < -0.39 is 11.7 Å². The first kappa shape index (κ1) is 17.7. The number of ether oxygens (including phenoxy) is 1. The van der Waals surface area contributed by atoms with Crippen LogP contribution in [0, 0.1) is 0 Å². The summed E-state index contributed by atoms with van der Waals surface area (Å²) >= 11 is 0. The van der Waals surface area contributed by atoms with Crippen LogP contribution in [-0.4, -0.2) is 21.8 Å². The third kappa shape index (κ3) is 3.74. The summed E-state index contributed by atoms with van der Waals surface area (Å²) in [5.74, 6) is 0.0274. The summed E-state index contributed by atoms with van der Waals surface area (Å²) in [6, 6.07) is 12.4. The maximum Gasteiger partial charge on any atom is 0.416 e. The summed E-state index contributed by atoms with van der Waals surface area (Å²) in [4.78, 5) is 4.17. The van der Waals surface area contributed by atoms with E-state index in [1.54, 1.807) is 31.2 Å². The standard InChI is InChI=1S/C18H15F3N4O/c1-2-26-14-9-12(8-13(10-14)18(19,20)21)16-15(23-17(22)25-24-16)11-6-4-3-5-7-11/h3-10H,2H2,1H3,(H2,22,23,25). The number of halogens is 3. The molecule has 8 heteroatoms. The van der Waals surface area contributed by atoms with Crippen molar-refractivity contribution in [2.75, 3.05) is 12.3 Å². The van der Waals surface area contributed by atoms with Gasteiger partial charge < -0.3 is 10.5 Å². The Hall–Kier alpha value is -3.16. The summed E-state index contributed by atoms with van der Waals surface area (Å²) in [6.07, 6.45) is -4.52. The Morgan fingerprint density at radius 3 is 2.35 bits per heavy atom. The highest BCUT2D eigenvalue weighted by atomic mass is 19.4. The first-order valence-corrected chi connectivity index (χ1v) is 7.79. The molecule has 0 radical (unpaired) electrons. The lowest BCUT2D eigenvalue weighted by Gasteiger charge is -2.14. The number of aromatic nitrogens is 3. The predicted molar refractivity (Wildman–Crippen MR) is 91.3 cm³/mol. The Labute approximate surface area is 147 Å². The van der Waals surface area contributed by atoms with Gasteiger partial charge in [0.25, 0.3) is 0 Å². The fourth-order valence-corrected chi connectivity index (χ4v) is 2.48. The van der Waals surface area contributed by atoms with Crippen molar-refractivity contribution in [1.29, 1.82) is 0 Å². The quantitative estimate of drug-likeness (QED) is 0.755. The number of benzene rings is 2. The molecular weight excluding hydrogens is 345 g/mol. The number of hydrogen-bond acceptors (Lipinski definition) is 5. The van der Waals surface area contributed by atoms with E-state index in [9.17, 15) is 13.2 Å². The predicted octanol–water partition coefficient (Wildman–Crippen LogP) is 4.21. The number of alkyl halides is 3. The summed E-state index contributed by atoms with van der Waals surface area (Å²) < 4.78 is 45.1. The van der Waals surface area contributed by atoms with Crippen molar-refractivity contribution in [2.24, 2.45) is 0 Å². The summed E-state index contributed by atoms with van der Waals surface area (Å²) in [6.45, 7) is 1.93. The van der Waals surface area contributed by atoms with Gasteiger partial charge in [-0.2, -0.15) is 13.2 Å². The van der Waals surface area contributed by atoms with Crippen molar-refractivity contribution in [3.05, 3.63) is 54.1 Å². The largest absolute Gasteiger partial charge is 0.494 e. The highest BCUT2D eigenvalue weighted by molar-refractivity contribution is 5.79. The van der Waals surface area contributed by atoms with E-state index in [1.807, 2.05) is 6.07 Å². The van der Waals surface area contributed by atoms with E-state index in [0.717, 1.165) is 12.1 Å². The molecule has 3 aromatic rings. The van der Waals surface area contributed by atoms with Gasteiger partial charge in [0.15, 0.2) is 0 Å².